The van der Waals surface area contributed by atoms with Crippen LogP contribution in [-0.2, 0) is 6.42 Å². The highest BCUT2D eigenvalue weighted by Gasteiger charge is 2.66. The zero-order valence-electron chi connectivity index (χ0n) is 10.9. The van der Waals surface area contributed by atoms with Crippen LogP contribution in [0.2, 0.25) is 0 Å². The fraction of sp³-hybridized carbons (Fsp3) is 0.600. The fourth-order valence-corrected chi connectivity index (χ4v) is 4.19. The molecule has 0 radical (unpaired) electrons. The van der Waals surface area contributed by atoms with Gasteiger partial charge in [-0.15, -0.1) is 11.6 Å². The molecule has 0 saturated heterocycles. The third-order valence-electron chi connectivity index (χ3n) is 4.84. The Labute approximate surface area is 118 Å². The van der Waals surface area contributed by atoms with Gasteiger partial charge in [0.2, 0.25) is 0 Å². The van der Waals surface area contributed by atoms with Crippen molar-refractivity contribution in [2.75, 3.05) is 0 Å². The highest BCUT2D eigenvalue weighted by molar-refractivity contribution is 9.10. The molecule has 1 aliphatic carbocycles. The summed E-state index contributed by atoms with van der Waals surface area (Å²) in [5.41, 5.74) is 2.07. The van der Waals surface area contributed by atoms with Gasteiger partial charge in [0.15, 0.2) is 0 Å². The molecule has 0 heterocycles. The Morgan fingerprint density at radius 3 is 2.00 bits per heavy atom. The van der Waals surface area contributed by atoms with E-state index in [9.17, 15) is 0 Å². The zero-order valence-corrected chi connectivity index (χ0v) is 13.3. The van der Waals surface area contributed by atoms with Crippen molar-refractivity contribution in [1.82, 2.24) is 0 Å². The summed E-state index contributed by atoms with van der Waals surface area (Å²) in [6.45, 7) is 9.31. The van der Waals surface area contributed by atoms with E-state index in [4.69, 9.17) is 11.6 Å². The van der Waals surface area contributed by atoms with E-state index >= 15 is 0 Å². The number of rotatable bonds is 3. The van der Waals surface area contributed by atoms with Crippen LogP contribution in [0.15, 0.2) is 28.7 Å². The first kappa shape index (κ1) is 13.4. The SMILES string of the molecule is CC1(C)C(C(Cl)Cc2ccc(Br)cc2)C1(C)C. The molecule has 2 heteroatoms. The molecule has 94 valence electrons. The van der Waals surface area contributed by atoms with Crippen molar-refractivity contribution >= 4 is 27.5 Å². The summed E-state index contributed by atoms with van der Waals surface area (Å²) in [6.07, 6.45) is 0.965. The lowest BCUT2D eigenvalue weighted by Gasteiger charge is -2.11. The number of benzene rings is 1. The van der Waals surface area contributed by atoms with Crippen molar-refractivity contribution in [3.8, 4) is 0 Å². The minimum Gasteiger partial charge on any atom is -0.122 e. The molecule has 0 aliphatic heterocycles. The Kier molecular flexibility index (Phi) is 3.38. The van der Waals surface area contributed by atoms with Crippen molar-refractivity contribution < 1.29 is 0 Å². The van der Waals surface area contributed by atoms with Crippen LogP contribution >= 0.6 is 27.5 Å². The average Bonchev–Trinajstić information content (AvgIpc) is 2.61. The summed E-state index contributed by atoms with van der Waals surface area (Å²) >= 11 is 10.1. The molecule has 2 rings (SSSR count). The van der Waals surface area contributed by atoms with Gasteiger partial charge in [-0.1, -0.05) is 55.8 Å². The Hall–Kier alpha value is -0.0100. The third-order valence-corrected chi connectivity index (χ3v) is 5.77. The van der Waals surface area contributed by atoms with E-state index in [0.717, 1.165) is 10.9 Å². The first-order valence-corrected chi connectivity index (χ1v) is 7.38. The lowest BCUT2D eigenvalue weighted by Crippen LogP contribution is -2.11. The highest BCUT2D eigenvalue weighted by Crippen LogP contribution is 2.70. The van der Waals surface area contributed by atoms with Crippen LogP contribution in [0.1, 0.15) is 33.3 Å². The third kappa shape index (κ3) is 2.29. The predicted octanol–water partition coefficient (Wildman–Crippen LogP) is 5.28. The van der Waals surface area contributed by atoms with E-state index in [0.29, 0.717) is 16.7 Å². The second-order valence-corrected chi connectivity index (χ2v) is 7.74. The quantitative estimate of drug-likeness (QED) is 0.666. The second kappa shape index (κ2) is 4.28. The lowest BCUT2D eigenvalue weighted by atomic mass is 10.0. The summed E-state index contributed by atoms with van der Waals surface area (Å²) in [5.74, 6) is 0.611. The summed E-state index contributed by atoms with van der Waals surface area (Å²) < 4.78 is 1.12. The maximum atomic E-state index is 6.61. The van der Waals surface area contributed by atoms with Crippen LogP contribution < -0.4 is 0 Å². The molecule has 1 aliphatic rings. The molecule has 1 unspecified atom stereocenters. The van der Waals surface area contributed by atoms with Gasteiger partial charge in [0.25, 0.3) is 0 Å². The maximum Gasteiger partial charge on any atom is 0.0415 e. The van der Waals surface area contributed by atoms with Crippen molar-refractivity contribution in [2.24, 2.45) is 16.7 Å². The first-order chi connectivity index (χ1) is 7.76. The van der Waals surface area contributed by atoms with E-state index in [1.54, 1.807) is 0 Å². The smallest absolute Gasteiger partial charge is 0.0415 e. The van der Waals surface area contributed by atoms with Crippen LogP contribution in [0.5, 0.6) is 0 Å². The van der Waals surface area contributed by atoms with Crippen LogP contribution in [0.3, 0.4) is 0 Å². The minimum absolute atomic E-state index is 0.237. The van der Waals surface area contributed by atoms with Crippen LogP contribution in [-0.4, -0.2) is 5.38 Å². The number of halogens is 2. The number of hydrogen-bond acceptors (Lipinski definition) is 0. The molecule has 1 fully saturated rings. The Bertz CT molecular complexity index is 391. The van der Waals surface area contributed by atoms with Crippen LogP contribution in [0.4, 0.5) is 0 Å². The van der Waals surface area contributed by atoms with Gasteiger partial charge in [-0.2, -0.15) is 0 Å². The lowest BCUT2D eigenvalue weighted by molar-refractivity contribution is 0.457. The minimum atomic E-state index is 0.237. The van der Waals surface area contributed by atoms with E-state index in [-0.39, 0.29) is 5.38 Å². The molecule has 0 N–H and O–H groups in total. The van der Waals surface area contributed by atoms with Crippen molar-refractivity contribution in [2.45, 2.75) is 39.5 Å². The molecule has 0 amide bonds. The molecule has 17 heavy (non-hydrogen) atoms. The summed E-state index contributed by atoms with van der Waals surface area (Å²) in [5, 5.41) is 0.237. The maximum absolute atomic E-state index is 6.61. The van der Waals surface area contributed by atoms with E-state index in [2.05, 4.69) is 67.9 Å². The normalized spacial score (nSPS) is 23.4. The Balaban J connectivity index is 2.04. The van der Waals surface area contributed by atoms with Gasteiger partial charge in [0.05, 0.1) is 0 Å². The standard InChI is InChI=1S/C15H20BrCl/c1-14(2)13(15(14,3)4)12(17)9-10-5-7-11(16)8-6-10/h5-8,12-13H,9H2,1-4H3. The molecular weight excluding hydrogens is 296 g/mol. The van der Waals surface area contributed by atoms with Crippen molar-refractivity contribution in [1.29, 1.82) is 0 Å². The van der Waals surface area contributed by atoms with E-state index < -0.39 is 0 Å². The van der Waals surface area contributed by atoms with Gasteiger partial charge in [-0.25, -0.2) is 0 Å². The van der Waals surface area contributed by atoms with Crippen LogP contribution in [0.25, 0.3) is 0 Å². The van der Waals surface area contributed by atoms with E-state index in [1.807, 2.05) is 0 Å². The largest absolute Gasteiger partial charge is 0.122 e. The van der Waals surface area contributed by atoms with Crippen LogP contribution in [0, 0.1) is 16.7 Å². The van der Waals surface area contributed by atoms with Gasteiger partial charge in [-0.3, -0.25) is 0 Å². The first-order valence-electron chi connectivity index (χ1n) is 6.15. The second-order valence-electron chi connectivity index (χ2n) is 6.27. The monoisotopic (exact) mass is 314 g/mol. The molecule has 1 atom stereocenters. The molecule has 0 nitrogen and oxygen atoms in total. The predicted molar refractivity (Wildman–Crippen MR) is 78.5 cm³/mol. The number of hydrogen-bond donors (Lipinski definition) is 0. The number of alkyl halides is 1. The van der Waals surface area contributed by atoms with Gasteiger partial charge >= 0.3 is 0 Å². The zero-order chi connectivity index (χ0) is 12.8. The molecule has 1 saturated carbocycles. The van der Waals surface area contributed by atoms with E-state index in [1.165, 1.54) is 5.56 Å². The van der Waals surface area contributed by atoms with Crippen molar-refractivity contribution in [3.05, 3.63) is 34.3 Å². The molecule has 1 aromatic rings. The molecule has 0 spiro atoms. The van der Waals surface area contributed by atoms with Gasteiger partial charge in [0.1, 0.15) is 0 Å². The topological polar surface area (TPSA) is 0 Å². The highest BCUT2D eigenvalue weighted by atomic mass is 79.9. The fourth-order valence-electron chi connectivity index (χ4n) is 3.12. The summed E-state index contributed by atoms with van der Waals surface area (Å²) in [7, 11) is 0. The van der Waals surface area contributed by atoms with Gasteiger partial charge in [0, 0.05) is 9.85 Å². The summed E-state index contributed by atoms with van der Waals surface area (Å²) in [4.78, 5) is 0. The molecular formula is C15H20BrCl. The van der Waals surface area contributed by atoms with Gasteiger partial charge in [-0.05, 0) is 40.9 Å². The van der Waals surface area contributed by atoms with Gasteiger partial charge < -0.3 is 0 Å². The Morgan fingerprint density at radius 2 is 1.59 bits per heavy atom. The summed E-state index contributed by atoms with van der Waals surface area (Å²) in [6, 6.07) is 8.48. The molecule has 0 aromatic heterocycles. The molecule has 1 aromatic carbocycles. The Morgan fingerprint density at radius 1 is 1.12 bits per heavy atom. The molecule has 0 bridgehead atoms. The average molecular weight is 316 g/mol. The van der Waals surface area contributed by atoms with Crippen molar-refractivity contribution in [3.63, 3.8) is 0 Å².